The van der Waals surface area contributed by atoms with Gasteiger partial charge in [0.1, 0.15) is 0 Å². The van der Waals surface area contributed by atoms with Gasteiger partial charge in [0, 0.05) is 11.9 Å². The molecule has 0 aliphatic rings. The molecule has 0 radical (unpaired) electrons. The van der Waals surface area contributed by atoms with E-state index >= 15 is 0 Å². The largest absolute Gasteiger partial charge is 0.365 e. The fourth-order valence-corrected chi connectivity index (χ4v) is 1.81. The van der Waals surface area contributed by atoms with Crippen molar-refractivity contribution in [3.8, 4) is 0 Å². The third kappa shape index (κ3) is 1.47. The number of hydrogen-bond acceptors (Lipinski definition) is 0. The first-order valence-electron chi connectivity index (χ1n) is 4.08. The summed E-state index contributed by atoms with van der Waals surface area (Å²) in [5.74, 6) is 0. The molecule has 0 aliphatic heterocycles. The van der Waals surface area contributed by atoms with Crippen LogP contribution in [0.15, 0.2) is 6.20 Å². The monoisotopic (exact) mass is 151 g/mol. The minimum atomic E-state index is 0.272. The van der Waals surface area contributed by atoms with Gasteiger partial charge in [0.15, 0.2) is 0 Å². The van der Waals surface area contributed by atoms with Crippen LogP contribution in [-0.2, 0) is 5.41 Å². The maximum Gasteiger partial charge on any atom is 0.0156 e. The Hall–Kier alpha value is -0.720. The molecule has 0 saturated carbocycles. The number of H-pyrrole nitrogens is 1. The molecule has 0 saturated heterocycles. The number of nitrogens with one attached hydrogen (secondary N) is 1. The summed E-state index contributed by atoms with van der Waals surface area (Å²) in [6.45, 7) is 11.0. The van der Waals surface area contributed by atoms with E-state index in [9.17, 15) is 0 Å². The highest BCUT2D eigenvalue weighted by molar-refractivity contribution is 5.34. The molecule has 0 unspecified atom stereocenters. The maximum absolute atomic E-state index is 3.24. The Balaban J connectivity index is 3.21. The molecule has 1 nitrogen and oxygen atoms in total. The molecule has 0 aromatic carbocycles. The van der Waals surface area contributed by atoms with Crippen LogP contribution in [0.5, 0.6) is 0 Å². The highest BCUT2D eigenvalue weighted by Gasteiger charge is 2.19. The summed E-state index contributed by atoms with van der Waals surface area (Å²) < 4.78 is 0. The van der Waals surface area contributed by atoms with Crippen LogP contribution in [0.25, 0.3) is 0 Å². The Kier molecular flexibility index (Phi) is 1.83. The van der Waals surface area contributed by atoms with E-state index < -0.39 is 0 Å². The normalized spacial score (nSPS) is 12.1. The van der Waals surface area contributed by atoms with E-state index in [4.69, 9.17) is 0 Å². The summed E-state index contributed by atoms with van der Waals surface area (Å²) in [6, 6.07) is 0. The predicted octanol–water partition coefficient (Wildman–Crippen LogP) is 2.93. The molecule has 62 valence electrons. The zero-order chi connectivity index (χ0) is 8.65. The van der Waals surface area contributed by atoms with Crippen LogP contribution in [-0.4, -0.2) is 4.98 Å². The smallest absolute Gasteiger partial charge is 0.0156 e. The van der Waals surface area contributed by atoms with Gasteiger partial charge in [-0.3, -0.25) is 0 Å². The Labute approximate surface area is 68.8 Å². The van der Waals surface area contributed by atoms with E-state index in [1.165, 1.54) is 16.8 Å². The highest BCUT2D eigenvalue weighted by Crippen LogP contribution is 2.27. The summed E-state index contributed by atoms with van der Waals surface area (Å²) in [7, 11) is 0. The molecule has 11 heavy (non-hydrogen) atoms. The number of aryl methyl sites for hydroxylation is 2. The second kappa shape index (κ2) is 2.40. The Bertz CT molecular complexity index is 231. The molecule has 1 aromatic heterocycles. The lowest BCUT2D eigenvalue weighted by molar-refractivity contribution is 0.583. The first-order chi connectivity index (χ1) is 4.93. The predicted molar refractivity (Wildman–Crippen MR) is 49.0 cm³/mol. The third-order valence-corrected chi connectivity index (χ3v) is 2.02. The number of rotatable bonds is 0. The van der Waals surface area contributed by atoms with Gasteiger partial charge >= 0.3 is 0 Å². The van der Waals surface area contributed by atoms with E-state index in [0.29, 0.717) is 0 Å². The number of aromatic amines is 1. The van der Waals surface area contributed by atoms with Crippen molar-refractivity contribution >= 4 is 0 Å². The molecular formula is C10H17N. The SMILES string of the molecule is Cc1c[nH]c(C)c1C(C)(C)C. The molecule has 1 rings (SSSR count). The average Bonchev–Trinajstić information content (AvgIpc) is 2.08. The van der Waals surface area contributed by atoms with E-state index in [1.54, 1.807) is 0 Å². The van der Waals surface area contributed by atoms with Gasteiger partial charge in [0.2, 0.25) is 0 Å². The van der Waals surface area contributed by atoms with Crippen LogP contribution < -0.4 is 0 Å². The Morgan fingerprint density at radius 3 is 1.91 bits per heavy atom. The topological polar surface area (TPSA) is 15.8 Å². The average molecular weight is 151 g/mol. The van der Waals surface area contributed by atoms with Crippen molar-refractivity contribution in [3.05, 3.63) is 23.0 Å². The summed E-state index contributed by atoms with van der Waals surface area (Å²) in [6.07, 6.45) is 2.08. The van der Waals surface area contributed by atoms with Crippen molar-refractivity contribution < 1.29 is 0 Å². The molecule has 0 bridgehead atoms. The molecule has 0 amide bonds. The van der Waals surface area contributed by atoms with Crippen molar-refractivity contribution in [2.75, 3.05) is 0 Å². The summed E-state index contributed by atoms with van der Waals surface area (Å²) >= 11 is 0. The molecule has 1 heterocycles. The number of hydrogen-bond donors (Lipinski definition) is 1. The first kappa shape index (κ1) is 8.38. The molecular weight excluding hydrogens is 134 g/mol. The van der Waals surface area contributed by atoms with Gasteiger partial charge in [-0.2, -0.15) is 0 Å². The molecule has 0 fully saturated rings. The van der Waals surface area contributed by atoms with Gasteiger partial charge < -0.3 is 4.98 Å². The second-order valence-electron chi connectivity index (χ2n) is 4.22. The van der Waals surface area contributed by atoms with Crippen molar-refractivity contribution in [3.63, 3.8) is 0 Å². The van der Waals surface area contributed by atoms with Crippen molar-refractivity contribution in [1.29, 1.82) is 0 Å². The van der Waals surface area contributed by atoms with E-state index in [0.717, 1.165) is 0 Å². The highest BCUT2D eigenvalue weighted by atomic mass is 14.7. The zero-order valence-corrected chi connectivity index (χ0v) is 8.08. The second-order valence-corrected chi connectivity index (χ2v) is 4.22. The van der Waals surface area contributed by atoms with Crippen LogP contribution in [0.3, 0.4) is 0 Å². The van der Waals surface area contributed by atoms with Crippen LogP contribution >= 0.6 is 0 Å². The number of aromatic nitrogens is 1. The van der Waals surface area contributed by atoms with E-state index in [2.05, 4.69) is 45.8 Å². The van der Waals surface area contributed by atoms with Crippen molar-refractivity contribution in [2.45, 2.75) is 40.0 Å². The molecule has 1 N–H and O–H groups in total. The fourth-order valence-electron chi connectivity index (χ4n) is 1.81. The summed E-state index contributed by atoms with van der Waals surface area (Å²) in [4.78, 5) is 3.24. The summed E-state index contributed by atoms with van der Waals surface area (Å²) in [5.41, 5.74) is 4.40. The molecule has 0 aliphatic carbocycles. The lowest BCUT2D eigenvalue weighted by Crippen LogP contribution is -2.12. The van der Waals surface area contributed by atoms with Gasteiger partial charge in [-0.05, 0) is 30.4 Å². The van der Waals surface area contributed by atoms with Crippen molar-refractivity contribution in [1.82, 2.24) is 4.98 Å². The molecule has 0 spiro atoms. The van der Waals surface area contributed by atoms with Crippen LogP contribution in [0, 0.1) is 13.8 Å². The zero-order valence-electron chi connectivity index (χ0n) is 8.08. The standard InChI is InChI=1S/C10H17N/c1-7-6-11-8(2)9(7)10(3,4)5/h6,11H,1-5H3. The lowest BCUT2D eigenvalue weighted by atomic mass is 9.85. The van der Waals surface area contributed by atoms with Crippen LogP contribution in [0.4, 0.5) is 0 Å². The van der Waals surface area contributed by atoms with Gasteiger partial charge in [-0.1, -0.05) is 20.8 Å². The van der Waals surface area contributed by atoms with Gasteiger partial charge in [0.05, 0.1) is 0 Å². The van der Waals surface area contributed by atoms with Gasteiger partial charge in [-0.15, -0.1) is 0 Å². The third-order valence-electron chi connectivity index (χ3n) is 2.02. The fraction of sp³-hybridized carbons (Fsp3) is 0.600. The maximum atomic E-state index is 3.24. The van der Waals surface area contributed by atoms with Gasteiger partial charge in [0.25, 0.3) is 0 Å². The van der Waals surface area contributed by atoms with Crippen LogP contribution in [0.1, 0.15) is 37.6 Å². The lowest BCUT2D eigenvalue weighted by Gasteiger charge is -2.19. The molecule has 1 aromatic rings. The Morgan fingerprint density at radius 2 is 1.73 bits per heavy atom. The van der Waals surface area contributed by atoms with Crippen molar-refractivity contribution in [2.24, 2.45) is 0 Å². The van der Waals surface area contributed by atoms with E-state index in [1.807, 2.05) is 0 Å². The van der Waals surface area contributed by atoms with Crippen LogP contribution in [0.2, 0.25) is 0 Å². The molecule has 1 heteroatoms. The van der Waals surface area contributed by atoms with E-state index in [-0.39, 0.29) is 5.41 Å². The minimum absolute atomic E-state index is 0.272. The molecule has 0 atom stereocenters. The first-order valence-corrected chi connectivity index (χ1v) is 4.08. The summed E-state index contributed by atoms with van der Waals surface area (Å²) in [5, 5.41) is 0. The van der Waals surface area contributed by atoms with Gasteiger partial charge in [-0.25, -0.2) is 0 Å². The minimum Gasteiger partial charge on any atom is -0.365 e. The Morgan fingerprint density at radius 1 is 1.18 bits per heavy atom. The quantitative estimate of drug-likeness (QED) is 0.586.